The number of aliphatic hydroxyl groups is 4. The number of hydrogen-bond donors (Lipinski definition) is 4. The molecule has 0 aromatic carbocycles. The molecule has 15 heavy (non-hydrogen) atoms. The summed E-state index contributed by atoms with van der Waals surface area (Å²) in [6.45, 7) is 0.812. The van der Waals surface area contributed by atoms with Gasteiger partial charge >= 0.3 is 0 Å². The second-order valence-electron chi connectivity index (χ2n) is 3.31. The quantitative estimate of drug-likeness (QED) is 0.443. The van der Waals surface area contributed by atoms with Crippen molar-refractivity contribution in [1.29, 1.82) is 0 Å². The van der Waals surface area contributed by atoms with Crippen LogP contribution >= 0.6 is 11.8 Å². The predicted molar refractivity (Wildman–Crippen MR) is 52.0 cm³/mol. The second kappa shape index (κ2) is 5.24. The Hall–Kier alpha value is -0.180. The number of carbonyl (C=O) groups is 1. The van der Waals surface area contributed by atoms with E-state index in [0.717, 1.165) is 0 Å². The van der Waals surface area contributed by atoms with E-state index in [-0.39, 0.29) is 5.12 Å². The fourth-order valence-electron chi connectivity index (χ4n) is 1.33. The Morgan fingerprint density at radius 2 is 1.87 bits per heavy atom. The van der Waals surface area contributed by atoms with Crippen molar-refractivity contribution in [3.63, 3.8) is 0 Å². The van der Waals surface area contributed by atoms with Gasteiger partial charge in [0, 0.05) is 6.92 Å². The van der Waals surface area contributed by atoms with Crippen molar-refractivity contribution in [3.8, 4) is 0 Å². The van der Waals surface area contributed by atoms with E-state index in [1.807, 2.05) is 0 Å². The molecule has 1 saturated heterocycles. The van der Waals surface area contributed by atoms with Crippen molar-refractivity contribution in [2.75, 3.05) is 6.61 Å². The summed E-state index contributed by atoms with van der Waals surface area (Å²) in [5, 5.41) is 36.8. The lowest BCUT2D eigenvalue weighted by atomic mass is 10.0. The van der Waals surface area contributed by atoms with E-state index < -0.39 is 36.5 Å². The van der Waals surface area contributed by atoms with E-state index >= 15 is 0 Å². The molecule has 0 spiro atoms. The van der Waals surface area contributed by atoms with E-state index in [4.69, 9.17) is 9.84 Å². The first-order valence-corrected chi connectivity index (χ1v) is 5.33. The first-order chi connectivity index (χ1) is 6.97. The molecular formula is C8H14O6S. The summed E-state index contributed by atoms with van der Waals surface area (Å²) in [7, 11) is 0. The number of hydrogen-bond acceptors (Lipinski definition) is 7. The van der Waals surface area contributed by atoms with E-state index in [1.165, 1.54) is 6.92 Å². The molecule has 0 saturated carbocycles. The largest absolute Gasteiger partial charge is 0.394 e. The summed E-state index contributed by atoms with van der Waals surface area (Å²) < 4.78 is 5.07. The van der Waals surface area contributed by atoms with Crippen LogP contribution in [0.25, 0.3) is 0 Å². The maximum absolute atomic E-state index is 10.8. The molecule has 1 rings (SSSR count). The molecule has 0 amide bonds. The minimum absolute atomic E-state index is 0.278. The number of rotatable bonds is 2. The minimum Gasteiger partial charge on any atom is -0.394 e. The molecule has 5 atom stereocenters. The number of aliphatic hydroxyl groups excluding tert-OH is 4. The van der Waals surface area contributed by atoms with Gasteiger partial charge in [0.25, 0.3) is 0 Å². The summed E-state index contributed by atoms with van der Waals surface area (Å²) in [5.74, 6) is 0. The molecule has 1 fully saturated rings. The van der Waals surface area contributed by atoms with Crippen molar-refractivity contribution >= 4 is 16.9 Å². The van der Waals surface area contributed by atoms with Crippen molar-refractivity contribution in [2.45, 2.75) is 36.8 Å². The van der Waals surface area contributed by atoms with Crippen LogP contribution < -0.4 is 0 Å². The van der Waals surface area contributed by atoms with Gasteiger partial charge in [0.05, 0.1) is 6.61 Å². The fraction of sp³-hybridized carbons (Fsp3) is 0.875. The maximum Gasteiger partial charge on any atom is 0.188 e. The van der Waals surface area contributed by atoms with Crippen LogP contribution in [0, 0.1) is 0 Å². The molecule has 1 aliphatic heterocycles. The Morgan fingerprint density at radius 1 is 1.27 bits per heavy atom. The van der Waals surface area contributed by atoms with Crippen molar-refractivity contribution in [2.24, 2.45) is 0 Å². The average molecular weight is 238 g/mol. The van der Waals surface area contributed by atoms with Gasteiger partial charge in [-0.1, -0.05) is 11.8 Å². The first kappa shape index (κ1) is 12.9. The lowest BCUT2D eigenvalue weighted by Gasteiger charge is -2.39. The Morgan fingerprint density at radius 3 is 2.33 bits per heavy atom. The van der Waals surface area contributed by atoms with Crippen LogP contribution in [-0.4, -0.2) is 62.0 Å². The third-order valence-electron chi connectivity index (χ3n) is 2.13. The fourth-order valence-corrected chi connectivity index (χ4v) is 2.15. The summed E-state index contributed by atoms with van der Waals surface area (Å²) in [5.41, 5.74) is -0.960. The number of thioether (sulfide) groups is 1. The monoisotopic (exact) mass is 238 g/mol. The van der Waals surface area contributed by atoms with Gasteiger partial charge in [0.15, 0.2) is 5.12 Å². The Kier molecular flexibility index (Phi) is 4.50. The highest BCUT2D eigenvalue weighted by atomic mass is 32.2. The lowest BCUT2D eigenvalue weighted by Crippen LogP contribution is -2.57. The van der Waals surface area contributed by atoms with Crippen LogP contribution in [0.5, 0.6) is 0 Å². The molecule has 0 unspecified atom stereocenters. The molecule has 88 valence electrons. The van der Waals surface area contributed by atoms with Gasteiger partial charge in [0.1, 0.15) is 29.9 Å². The Balaban J connectivity index is 2.69. The van der Waals surface area contributed by atoms with Gasteiger partial charge in [-0.3, -0.25) is 4.79 Å². The molecule has 0 aliphatic carbocycles. The average Bonchev–Trinajstić information content (AvgIpc) is 2.18. The third kappa shape index (κ3) is 2.90. The summed E-state index contributed by atoms with van der Waals surface area (Å²) in [6.07, 6.45) is -5.11. The van der Waals surface area contributed by atoms with E-state index in [2.05, 4.69) is 0 Å². The van der Waals surface area contributed by atoms with Gasteiger partial charge in [-0.15, -0.1) is 0 Å². The Labute approximate surface area is 90.9 Å². The third-order valence-corrected chi connectivity index (χ3v) is 3.08. The molecule has 1 heterocycles. The van der Waals surface area contributed by atoms with Gasteiger partial charge in [-0.05, 0) is 0 Å². The normalized spacial score (nSPS) is 41.5. The first-order valence-electron chi connectivity index (χ1n) is 4.45. The SMILES string of the molecule is CC(=O)S[C@H]1O[C@@H](CO)[C@@H](O)[C@@H](O)[C@@H]1O. The molecule has 0 radical (unpaired) electrons. The molecule has 6 nitrogen and oxygen atoms in total. The second-order valence-corrected chi connectivity index (χ2v) is 4.58. The zero-order valence-electron chi connectivity index (χ0n) is 8.11. The lowest BCUT2D eigenvalue weighted by molar-refractivity contribution is -0.205. The van der Waals surface area contributed by atoms with Crippen LogP contribution in [-0.2, 0) is 9.53 Å². The standard InChI is InChI=1S/C8H14O6S/c1-3(10)15-8-7(13)6(12)5(11)4(2-9)14-8/h4-9,11-13H,2H2,1H3/t4-,5+,6+,7-,8+/m0/s1. The van der Waals surface area contributed by atoms with Crippen LogP contribution in [0.2, 0.25) is 0 Å². The summed E-state index contributed by atoms with van der Waals surface area (Å²) in [4.78, 5) is 10.8. The van der Waals surface area contributed by atoms with Crippen molar-refractivity contribution < 1.29 is 30.0 Å². The highest BCUT2D eigenvalue weighted by molar-refractivity contribution is 8.14. The molecule has 0 bridgehead atoms. The van der Waals surface area contributed by atoms with Crippen LogP contribution in [0.1, 0.15) is 6.92 Å². The van der Waals surface area contributed by atoms with Crippen molar-refractivity contribution in [1.82, 2.24) is 0 Å². The molecule has 0 aromatic rings. The molecule has 0 aromatic heterocycles. The van der Waals surface area contributed by atoms with Crippen LogP contribution in [0.15, 0.2) is 0 Å². The summed E-state index contributed by atoms with van der Waals surface area (Å²) >= 11 is 0.715. The van der Waals surface area contributed by atoms with Crippen LogP contribution in [0.3, 0.4) is 0 Å². The van der Waals surface area contributed by atoms with Gasteiger partial charge < -0.3 is 25.2 Å². The topological polar surface area (TPSA) is 107 Å². The molecule has 4 N–H and O–H groups in total. The molecular weight excluding hydrogens is 224 g/mol. The number of ether oxygens (including phenoxy) is 1. The predicted octanol–water partition coefficient (Wildman–Crippen LogP) is -1.93. The van der Waals surface area contributed by atoms with E-state index in [1.54, 1.807) is 0 Å². The molecule has 1 aliphatic rings. The smallest absolute Gasteiger partial charge is 0.188 e. The number of carbonyl (C=O) groups excluding carboxylic acids is 1. The van der Waals surface area contributed by atoms with Crippen LogP contribution in [0.4, 0.5) is 0 Å². The van der Waals surface area contributed by atoms with Crippen molar-refractivity contribution in [3.05, 3.63) is 0 Å². The highest BCUT2D eigenvalue weighted by Crippen LogP contribution is 2.28. The highest BCUT2D eigenvalue weighted by Gasteiger charge is 2.44. The van der Waals surface area contributed by atoms with Gasteiger partial charge in [-0.2, -0.15) is 0 Å². The molecule has 7 heteroatoms. The maximum atomic E-state index is 10.8. The van der Waals surface area contributed by atoms with Gasteiger partial charge in [0.2, 0.25) is 0 Å². The zero-order valence-corrected chi connectivity index (χ0v) is 8.92. The van der Waals surface area contributed by atoms with E-state index in [0.29, 0.717) is 11.8 Å². The minimum atomic E-state index is -1.42. The van der Waals surface area contributed by atoms with Gasteiger partial charge in [-0.25, -0.2) is 0 Å². The Bertz CT molecular complexity index is 233. The zero-order chi connectivity index (χ0) is 11.6. The van der Waals surface area contributed by atoms with E-state index in [9.17, 15) is 20.1 Å². The summed E-state index contributed by atoms with van der Waals surface area (Å²) in [6, 6.07) is 0.